The second-order valence-electron chi connectivity index (χ2n) is 5.35. The summed E-state index contributed by atoms with van der Waals surface area (Å²) in [7, 11) is -3.97. The van der Waals surface area contributed by atoms with Gasteiger partial charge in [0.05, 0.1) is 17.6 Å². The van der Waals surface area contributed by atoms with Crippen LogP contribution < -0.4 is 9.62 Å². The van der Waals surface area contributed by atoms with E-state index in [1.165, 1.54) is 0 Å². The Labute approximate surface area is 147 Å². The van der Waals surface area contributed by atoms with Gasteiger partial charge >= 0.3 is 0 Å². The number of carbonyl (C=O) groups is 1. The zero-order valence-corrected chi connectivity index (χ0v) is 14.3. The van der Waals surface area contributed by atoms with Crippen LogP contribution in [0.2, 0.25) is 0 Å². The second kappa shape index (κ2) is 7.73. The topological polar surface area (TPSA) is 66.5 Å². The van der Waals surface area contributed by atoms with Gasteiger partial charge in [0.15, 0.2) is 0 Å². The number of nitrogens with zero attached hydrogens (tertiary/aromatic N) is 1. The molecule has 0 spiro atoms. The Hall–Kier alpha value is -2.62. The Bertz CT molecular complexity index is 935. The third kappa shape index (κ3) is 4.94. The quantitative estimate of drug-likeness (QED) is 0.771. The number of benzene rings is 2. The summed E-state index contributed by atoms with van der Waals surface area (Å²) in [6, 6.07) is 4.85. The van der Waals surface area contributed by atoms with Gasteiger partial charge in [0, 0.05) is 25.1 Å². The number of rotatable bonds is 6. The molecule has 0 aliphatic carbocycles. The first-order valence-corrected chi connectivity index (χ1v) is 9.10. The van der Waals surface area contributed by atoms with Gasteiger partial charge in [-0.05, 0) is 24.3 Å². The molecule has 1 amide bonds. The minimum atomic E-state index is -3.97. The van der Waals surface area contributed by atoms with Crippen LogP contribution in [-0.4, -0.2) is 27.1 Å². The van der Waals surface area contributed by atoms with Crippen molar-refractivity contribution in [1.29, 1.82) is 0 Å². The number of anilines is 2. The van der Waals surface area contributed by atoms with Crippen molar-refractivity contribution in [2.45, 2.75) is 6.42 Å². The number of amides is 1. The summed E-state index contributed by atoms with van der Waals surface area (Å²) in [6.07, 6.45) is 0.355. The first-order valence-electron chi connectivity index (χ1n) is 7.25. The smallest absolute Gasteiger partial charge is 0.232 e. The van der Waals surface area contributed by atoms with Crippen LogP contribution in [0.25, 0.3) is 0 Å². The van der Waals surface area contributed by atoms with Gasteiger partial charge in [0.2, 0.25) is 15.9 Å². The maximum atomic E-state index is 13.9. The number of hydrogen-bond acceptors (Lipinski definition) is 3. The fourth-order valence-corrected chi connectivity index (χ4v) is 3.08. The highest BCUT2D eigenvalue weighted by Gasteiger charge is 2.22. The summed E-state index contributed by atoms with van der Waals surface area (Å²) in [5.41, 5.74) is -0.704. The van der Waals surface area contributed by atoms with Crippen LogP contribution in [0.5, 0.6) is 0 Å². The van der Waals surface area contributed by atoms with E-state index in [1.807, 2.05) is 0 Å². The molecule has 0 atom stereocenters. The van der Waals surface area contributed by atoms with E-state index in [-0.39, 0.29) is 5.69 Å². The molecule has 0 radical (unpaired) electrons. The maximum Gasteiger partial charge on any atom is 0.232 e. The lowest BCUT2D eigenvalue weighted by Gasteiger charge is -2.22. The number of nitrogens with one attached hydrogen (secondary N) is 1. The van der Waals surface area contributed by atoms with Crippen molar-refractivity contribution in [3.63, 3.8) is 0 Å². The van der Waals surface area contributed by atoms with Gasteiger partial charge in [0.25, 0.3) is 0 Å². The Morgan fingerprint density at radius 3 is 2.12 bits per heavy atom. The fourth-order valence-electron chi connectivity index (χ4n) is 2.16. The molecule has 0 aliphatic rings. The summed E-state index contributed by atoms with van der Waals surface area (Å²) in [6.45, 7) is -0.462. The molecule has 140 valence electrons. The van der Waals surface area contributed by atoms with Crippen LogP contribution in [0.3, 0.4) is 0 Å². The van der Waals surface area contributed by atoms with Gasteiger partial charge in [-0.25, -0.2) is 26.0 Å². The molecule has 0 aliphatic heterocycles. The lowest BCUT2D eigenvalue weighted by molar-refractivity contribution is -0.116. The minimum Gasteiger partial charge on any atom is -0.324 e. The number of carbonyl (C=O) groups excluding carboxylic acids is 1. The SMILES string of the molecule is CS(=O)(=O)N(CCC(=O)Nc1ccc(F)cc1F)c1ccc(F)cc1F. The largest absolute Gasteiger partial charge is 0.324 e. The highest BCUT2D eigenvalue weighted by atomic mass is 32.2. The summed E-state index contributed by atoms with van der Waals surface area (Å²) < 4.78 is 77.5. The molecule has 0 unspecified atom stereocenters. The Kier molecular flexibility index (Phi) is 5.86. The van der Waals surface area contributed by atoms with Crippen molar-refractivity contribution in [2.75, 3.05) is 22.4 Å². The normalized spacial score (nSPS) is 11.3. The molecule has 0 fully saturated rings. The molecule has 0 bridgehead atoms. The van der Waals surface area contributed by atoms with Crippen molar-refractivity contribution < 1.29 is 30.8 Å². The van der Waals surface area contributed by atoms with Gasteiger partial charge in [-0.3, -0.25) is 9.10 Å². The first kappa shape index (κ1) is 19.7. The zero-order valence-electron chi connectivity index (χ0n) is 13.5. The van der Waals surface area contributed by atoms with Gasteiger partial charge < -0.3 is 5.32 Å². The zero-order chi connectivity index (χ0) is 19.5. The molecule has 2 rings (SSSR count). The van der Waals surface area contributed by atoms with Crippen molar-refractivity contribution in [1.82, 2.24) is 0 Å². The number of hydrogen-bond donors (Lipinski definition) is 1. The molecule has 1 N–H and O–H groups in total. The molecular formula is C16H14F4N2O3S. The van der Waals surface area contributed by atoms with Crippen LogP contribution in [0, 0.1) is 23.3 Å². The van der Waals surface area contributed by atoms with E-state index in [0.29, 0.717) is 16.4 Å². The van der Waals surface area contributed by atoms with E-state index >= 15 is 0 Å². The molecule has 2 aromatic rings. The van der Waals surface area contributed by atoms with Gasteiger partial charge in [0.1, 0.15) is 23.3 Å². The highest BCUT2D eigenvalue weighted by molar-refractivity contribution is 7.92. The lowest BCUT2D eigenvalue weighted by Crippen LogP contribution is -2.33. The van der Waals surface area contributed by atoms with Crippen LogP contribution in [-0.2, 0) is 14.8 Å². The van der Waals surface area contributed by atoms with Crippen molar-refractivity contribution >= 4 is 27.3 Å². The summed E-state index contributed by atoms with van der Waals surface area (Å²) >= 11 is 0. The van der Waals surface area contributed by atoms with Crippen molar-refractivity contribution in [3.8, 4) is 0 Å². The van der Waals surface area contributed by atoms with Gasteiger partial charge in [-0.1, -0.05) is 0 Å². The third-order valence-corrected chi connectivity index (χ3v) is 4.51. The molecule has 2 aromatic carbocycles. The lowest BCUT2D eigenvalue weighted by atomic mass is 10.2. The van der Waals surface area contributed by atoms with E-state index in [4.69, 9.17) is 0 Å². The number of sulfonamides is 1. The molecule has 0 saturated carbocycles. The second-order valence-corrected chi connectivity index (χ2v) is 7.26. The minimum absolute atomic E-state index is 0.282. The van der Waals surface area contributed by atoms with Crippen LogP contribution in [0.4, 0.5) is 28.9 Å². The molecule has 26 heavy (non-hydrogen) atoms. The van der Waals surface area contributed by atoms with Crippen molar-refractivity contribution in [2.24, 2.45) is 0 Å². The van der Waals surface area contributed by atoms with Gasteiger partial charge in [-0.15, -0.1) is 0 Å². The van der Waals surface area contributed by atoms with Crippen LogP contribution >= 0.6 is 0 Å². The molecule has 5 nitrogen and oxygen atoms in total. The van der Waals surface area contributed by atoms with Gasteiger partial charge in [-0.2, -0.15) is 0 Å². The van der Waals surface area contributed by atoms with Crippen LogP contribution in [0.15, 0.2) is 36.4 Å². The summed E-state index contributed by atoms with van der Waals surface area (Å²) in [5, 5.41) is 2.16. The third-order valence-electron chi connectivity index (χ3n) is 3.33. The average Bonchev–Trinajstić information content (AvgIpc) is 2.51. The predicted molar refractivity (Wildman–Crippen MR) is 88.2 cm³/mol. The number of halogens is 4. The maximum absolute atomic E-state index is 13.9. The molecular weight excluding hydrogens is 376 g/mol. The standard InChI is InChI=1S/C16H14F4N2O3S/c1-26(24,25)22(15-5-3-11(18)9-13(15)20)7-6-16(23)21-14-4-2-10(17)8-12(14)19/h2-5,8-9H,6-7H2,1H3,(H,21,23). The monoisotopic (exact) mass is 390 g/mol. The Morgan fingerprint density at radius 2 is 1.58 bits per heavy atom. The summed E-state index contributed by atoms with van der Waals surface area (Å²) in [4.78, 5) is 11.9. The molecule has 0 heterocycles. The fraction of sp³-hybridized carbons (Fsp3) is 0.188. The molecule has 0 saturated heterocycles. The van der Waals surface area contributed by atoms with Crippen molar-refractivity contribution in [3.05, 3.63) is 59.7 Å². The van der Waals surface area contributed by atoms with Crippen LogP contribution in [0.1, 0.15) is 6.42 Å². The van der Waals surface area contributed by atoms with E-state index < -0.39 is 57.9 Å². The Balaban J connectivity index is 2.13. The molecule has 0 aromatic heterocycles. The van der Waals surface area contributed by atoms with E-state index in [1.54, 1.807) is 0 Å². The predicted octanol–water partition coefficient (Wildman–Crippen LogP) is 3.04. The first-order chi connectivity index (χ1) is 12.1. The average molecular weight is 390 g/mol. The van der Waals surface area contributed by atoms with E-state index in [9.17, 15) is 30.8 Å². The summed E-state index contributed by atoms with van der Waals surface area (Å²) in [5.74, 6) is -4.59. The van der Waals surface area contributed by atoms with E-state index in [0.717, 1.165) is 30.5 Å². The Morgan fingerprint density at radius 1 is 1.00 bits per heavy atom. The molecule has 10 heteroatoms. The van der Waals surface area contributed by atoms with E-state index in [2.05, 4.69) is 5.32 Å². The highest BCUT2D eigenvalue weighted by Crippen LogP contribution is 2.23.